The Morgan fingerprint density at radius 1 is 1.25 bits per heavy atom. The van der Waals surface area contributed by atoms with Gasteiger partial charge in [-0.3, -0.25) is 9.89 Å². The fourth-order valence-corrected chi connectivity index (χ4v) is 4.83. The maximum Gasteiger partial charge on any atom is 0.258 e. The number of H-pyrrole nitrogens is 1. The molecule has 1 aliphatic rings. The number of rotatable bonds is 8. The van der Waals surface area contributed by atoms with E-state index in [0.717, 1.165) is 47.7 Å². The highest BCUT2D eigenvalue weighted by Crippen LogP contribution is 2.37. The molecule has 1 aliphatic carbocycles. The van der Waals surface area contributed by atoms with Crippen LogP contribution in [-0.2, 0) is 11.8 Å². The number of aromatic amines is 1. The lowest BCUT2D eigenvalue weighted by atomic mass is 10.1. The SMILES string of the molecule is COc1c(OCC(=O)NC2CCCC2)ccc(-c2nc(Nc3ccc4[nH]ncc4c3Cl)n(C)n2)c1C. The van der Waals surface area contributed by atoms with Crippen molar-refractivity contribution in [1.82, 2.24) is 30.3 Å². The Morgan fingerprint density at radius 2 is 2.06 bits per heavy atom. The molecule has 0 saturated heterocycles. The first-order chi connectivity index (χ1) is 17.4. The van der Waals surface area contributed by atoms with Crippen molar-refractivity contribution in [1.29, 1.82) is 0 Å². The van der Waals surface area contributed by atoms with Crippen LogP contribution in [0.3, 0.4) is 0 Å². The van der Waals surface area contributed by atoms with Crippen molar-refractivity contribution >= 4 is 40.0 Å². The van der Waals surface area contributed by atoms with E-state index in [4.69, 9.17) is 21.1 Å². The lowest BCUT2D eigenvalue weighted by Crippen LogP contribution is -2.36. The molecule has 0 bridgehead atoms. The molecule has 1 saturated carbocycles. The highest BCUT2D eigenvalue weighted by atomic mass is 35.5. The third kappa shape index (κ3) is 4.68. The average molecular weight is 510 g/mol. The molecule has 0 aliphatic heterocycles. The summed E-state index contributed by atoms with van der Waals surface area (Å²) in [4.78, 5) is 17.0. The number of fused-ring (bicyclic) bond motifs is 1. The Labute approximate surface area is 213 Å². The minimum Gasteiger partial charge on any atom is -0.493 e. The maximum atomic E-state index is 12.3. The van der Waals surface area contributed by atoms with Gasteiger partial charge in [-0.1, -0.05) is 24.4 Å². The van der Waals surface area contributed by atoms with Crippen molar-refractivity contribution in [3.63, 3.8) is 0 Å². The number of nitrogens with one attached hydrogen (secondary N) is 3. The zero-order valence-corrected chi connectivity index (χ0v) is 21.1. The zero-order chi connectivity index (χ0) is 25.2. The second-order valence-corrected chi connectivity index (χ2v) is 9.25. The molecule has 3 N–H and O–H groups in total. The summed E-state index contributed by atoms with van der Waals surface area (Å²) >= 11 is 6.55. The van der Waals surface area contributed by atoms with E-state index in [2.05, 4.69) is 30.9 Å². The average Bonchev–Trinajstić information content (AvgIpc) is 3.62. The first-order valence-corrected chi connectivity index (χ1v) is 12.2. The standard InChI is InChI=1S/C25H28ClN7O3/c1-14-16(8-11-20(23(14)35-3)36-13-21(34)28-15-6-4-5-7-15)24-30-25(33(2)32-24)29-19-10-9-18-17(22(19)26)12-27-31-18/h8-12,15H,4-7,13H2,1-3H3,(H,27,31)(H,28,34)(H,29,30,32). The molecule has 5 rings (SSSR count). The van der Waals surface area contributed by atoms with E-state index in [-0.39, 0.29) is 18.6 Å². The quantitative estimate of drug-likeness (QED) is 0.319. The molecule has 0 radical (unpaired) electrons. The summed E-state index contributed by atoms with van der Waals surface area (Å²) in [7, 11) is 3.38. The Morgan fingerprint density at radius 3 is 2.83 bits per heavy atom. The number of benzene rings is 2. The molecule has 10 nitrogen and oxygen atoms in total. The summed E-state index contributed by atoms with van der Waals surface area (Å²) in [6.07, 6.45) is 6.06. The fourth-order valence-electron chi connectivity index (χ4n) is 4.57. The molecule has 0 unspecified atom stereocenters. The number of amides is 1. The van der Waals surface area contributed by atoms with Crippen LogP contribution < -0.4 is 20.1 Å². The number of anilines is 2. The molecular formula is C25H28ClN7O3. The predicted molar refractivity (Wildman–Crippen MR) is 138 cm³/mol. The number of aryl methyl sites for hydroxylation is 1. The van der Waals surface area contributed by atoms with Gasteiger partial charge in [0.15, 0.2) is 23.9 Å². The smallest absolute Gasteiger partial charge is 0.258 e. The van der Waals surface area contributed by atoms with Gasteiger partial charge in [0, 0.05) is 29.6 Å². The van der Waals surface area contributed by atoms with Gasteiger partial charge in [0.25, 0.3) is 5.91 Å². The summed E-state index contributed by atoms with van der Waals surface area (Å²) in [6, 6.07) is 7.65. The van der Waals surface area contributed by atoms with Crippen LogP contribution in [0.15, 0.2) is 30.5 Å². The summed E-state index contributed by atoms with van der Waals surface area (Å²) in [5, 5.41) is 19.2. The van der Waals surface area contributed by atoms with E-state index in [9.17, 15) is 4.79 Å². The van der Waals surface area contributed by atoms with Crippen molar-refractivity contribution in [3.05, 3.63) is 41.0 Å². The molecule has 2 aromatic carbocycles. The number of ether oxygens (including phenoxy) is 2. The van der Waals surface area contributed by atoms with Crippen LogP contribution in [0, 0.1) is 6.92 Å². The largest absolute Gasteiger partial charge is 0.493 e. The zero-order valence-electron chi connectivity index (χ0n) is 20.4. The van der Waals surface area contributed by atoms with Crippen LogP contribution in [0.4, 0.5) is 11.6 Å². The van der Waals surface area contributed by atoms with Crippen molar-refractivity contribution in [2.24, 2.45) is 7.05 Å². The van der Waals surface area contributed by atoms with E-state index < -0.39 is 0 Å². The van der Waals surface area contributed by atoms with Crippen LogP contribution in [0.1, 0.15) is 31.2 Å². The van der Waals surface area contributed by atoms with Gasteiger partial charge in [0.05, 0.1) is 29.5 Å². The molecular weight excluding hydrogens is 482 g/mol. The van der Waals surface area contributed by atoms with Crippen molar-refractivity contribution in [3.8, 4) is 22.9 Å². The van der Waals surface area contributed by atoms with E-state index >= 15 is 0 Å². The molecule has 11 heteroatoms. The second-order valence-electron chi connectivity index (χ2n) is 8.87. The molecule has 2 heterocycles. The molecule has 36 heavy (non-hydrogen) atoms. The first kappa shape index (κ1) is 23.9. The Hall–Kier alpha value is -3.79. The summed E-state index contributed by atoms with van der Waals surface area (Å²) in [5.74, 6) is 1.95. The molecule has 0 atom stereocenters. The van der Waals surface area contributed by atoms with Crippen molar-refractivity contribution in [2.75, 3.05) is 19.0 Å². The van der Waals surface area contributed by atoms with E-state index in [1.807, 2.05) is 25.1 Å². The van der Waals surface area contributed by atoms with E-state index in [1.54, 1.807) is 31.1 Å². The Kier molecular flexibility index (Phi) is 6.69. The normalized spacial score (nSPS) is 13.8. The number of methoxy groups -OCH3 is 1. The summed E-state index contributed by atoms with van der Waals surface area (Å²) in [5.41, 5.74) is 3.14. The first-order valence-electron chi connectivity index (χ1n) is 11.8. The van der Waals surface area contributed by atoms with Gasteiger partial charge >= 0.3 is 0 Å². The highest BCUT2D eigenvalue weighted by molar-refractivity contribution is 6.38. The van der Waals surface area contributed by atoms with Gasteiger partial charge in [-0.05, 0) is 44.0 Å². The van der Waals surface area contributed by atoms with Gasteiger partial charge in [0.2, 0.25) is 5.95 Å². The van der Waals surface area contributed by atoms with Gasteiger partial charge in [0.1, 0.15) is 0 Å². The number of nitrogens with zero attached hydrogens (tertiary/aromatic N) is 4. The van der Waals surface area contributed by atoms with Gasteiger partial charge in [-0.25, -0.2) is 4.68 Å². The van der Waals surface area contributed by atoms with E-state index in [0.29, 0.717) is 34.0 Å². The van der Waals surface area contributed by atoms with Crippen LogP contribution >= 0.6 is 11.6 Å². The van der Waals surface area contributed by atoms with E-state index in [1.165, 1.54) is 0 Å². The monoisotopic (exact) mass is 509 g/mol. The molecule has 188 valence electrons. The van der Waals surface area contributed by atoms with Gasteiger partial charge in [-0.15, -0.1) is 5.10 Å². The third-order valence-electron chi connectivity index (χ3n) is 6.46. The molecule has 1 amide bonds. The fraction of sp³-hybridized carbons (Fsp3) is 0.360. The summed E-state index contributed by atoms with van der Waals surface area (Å²) in [6.45, 7) is 1.84. The minimum atomic E-state index is -0.125. The molecule has 4 aromatic rings. The predicted octanol–water partition coefficient (Wildman–Crippen LogP) is 4.51. The lowest BCUT2D eigenvalue weighted by Gasteiger charge is -2.16. The minimum absolute atomic E-state index is 0.0662. The molecule has 0 spiro atoms. The van der Waals surface area contributed by atoms with Crippen LogP contribution in [0.5, 0.6) is 11.5 Å². The number of hydrogen-bond acceptors (Lipinski definition) is 7. The number of carbonyl (C=O) groups is 1. The van der Waals surface area contributed by atoms with Gasteiger partial charge < -0.3 is 20.1 Å². The van der Waals surface area contributed by atoms with Gasteiger partial charge in [-0.2, -0.15) is 10.1 Å². The third-order valence-corrected chi connectivity index (χ3v) is 6.87. The number of aromatic nitrogens is 5. The van der Waals surface area contributed by atoms with Crippen LogP contribution in [-0.4, -0.2) is 50.6 Å². The Bertz CT molecular complexity index is 1410. The number of hydrogen-bond donors (Lipinski definition) is 3. The van der Waals surface area contributed by atoms with Crippen LogP contribution in [0.2, 0.25) is 5.02 Å². The number of carbonyl (C=O) groups excluding carboxylic acids is 1. The topological polar surface area (TPSA) is 119 Å². The van der Waals surface area contributed by atoms with Crippen molar-refractivity contribution < 1.29 is 14.3 Å². The van der Waals surface area contributed by atoms with Crippen LogP contribution in [0.25, 0.3) is 22.3 Å². The molecule has 2 aromatic heterocycles. The Balaban J connectivity index is 1.34. The number of halogens is 1. The molecule has 1 fully saturated rings. The second kappa shape index (κ2) is 10.1. The van der Waals surface area contributed by atoms with Crippen molar-refractivity contribution in [2.45, 2.75) is 38.6 Å². The maximum absolute atomic E-state index is 12.3. The lowest BCUT2D eigenvalue weighted by molar-refractivity contribution is -0.123. The highest BCUT2D eigenvalue weighted by Gasteiger charge is 2.20. The summed E-state index contributed by atoms with van der Waals surface area (Å²) < 4.78 is 13.1.